The van der Waals surface area contributed by atoms with Gasteiger partial charge in [-0.3, -0.25) is 9.59 Å². The lowest BCUT2D eigenvalue weighted by Gasteiger charge is -2.39. The molecule has 0 amide bonds. The summed E-state index contributed by atoms with van der Waals surface area (Å²) in [5.41, 5.74) is 4.01. The molecule has 282 valence electrons. The number of aliphatic hydroxyl groups excluding tert-OH is 3. The fourth-order valence-corrected chi connectivity index (χ4v) is 10.8. The van der Waals surface area contributed by atoms with Gasteiger partial charge in [-0.2, -0.15) is 0 Å². The van der Waals surface area contributed by atoms with Gasteiger partial charge in [0.2, 0.25) is 0 Å². The van der Waals surface area contributed by atoms with Crippen LogP contribution < -0.4 is 11.1 Å². The Morgan fingerprint density at radius 3 is 2.26 bits per heavy atom. The van der Waals surface area contributed by atoms with Crippen molar-refractivity contribution in [3.8, 4) is 0 Å². The van der Waals surface area contributed by atoms with Crippen LogP contribution in [-0.4, -0.2) is 82.7 Å². The molecule has 4 unspecified atom stereocenters. The standard InChI is InChI=1S/C40H64N2O8/c1-25(11-12-27-17-18-42-35(41)20-27)30(23-44)21-39-36(46)31-9-5-6-10-32(31)37(47)40(39,50-39)38(48)49-24-34(45)33(19-26-7-3-2-4-8-26)29-15-13-28(22-43)14-16-29/h26-29,31-35,42-45H,2-24,41H2,1H3/t27?,28?,29?,31?,32?,33-,34+,35?,39+,40+/m1/s1. The number of aliphatic hydroxyl groups is 3. The molecule has 4 saturated carbocycles. The van der Waals surface area contributed by atoms with Crippen LogP contribution in [0.5, 0.6) is 0 Å². The number of nitrogens with two attached hydrogens (primary N) is 1. The van der Waals surface area contributed by atoms with Crippen LogP contribution >= 0.6 is 0 Å². The Bertz CT molecular complexity index is 1240. The van der Waals surface area contributed by atoms with Crippen molar-refractivity contribution >= 4 is 17.5 Å². The SMILES string of the molecule is CC(CCC1CCNC(N)C1)=C(CO)C[C@@]12O[C@]1(C(=O)OC[C@H](O)[C@H](CC1CCCCC1)C1CCC(CO)CC1)C(=O)C1CCCCC1C2=O. The van der Waals surface area contributed by atoms with Gasteiger partial charge in [0.15, 0.2) is 17.2 Å². The molecule has 2 heterocycles. The van der Waals surface area contributed by atoms with Crippen LogP contribution in [0.1, 0.15) is 129 Å². The molecule has 0 aromatic carbocycles. The average Bonchev–Trinajstić information content (AvgIpc) is 3.85. The number of piperidine rings is 1. The van der Waals surface area contributed by atoms with E-state index in [9.17, 15) is 29.7 Å². The summed E-state index contributed by atoms with van der Waals surface area (Å²) >= 11 is 0. The van der Waals surface area contributed by atoms with Gasteiger partial charge in [0.25, 0.3) is 5.60 Å². The Hall–Kier alpha value is -1.69. The van der Waals surface area contributed by atoms with E-state index < -0.39 is 35.1 Å². The number of rotatable bonds is 14. The number of epoxide rings is 1. The van der Waals surface area contributed by atoms with E-state index in [1.54, 1.807) is 0 Å². The summed E-state index contributed by atoms with van der Waals surface area (Å²) in [6.07, 6.45) is 16.0. The van der Waals surface area contributed by atoms with E-state index >= 15 is 0 Å². The minimum Gasteiger partial charge on any atom is -0.460 e. The smallest absolute Gasteiger partial charge is 0.350 e. The largest absolute Gasteiger partial charge is 0.460 e. The number of esters is 1. The lowest BCUT2D eigenvalue weighted by atomic mass is 9.60. The molecule has 0 aromatic rings. The molecule has 2 saturated heterocycles. The minimum absolute atomic E-state index is 0.00901. The summed E-state index contributed by atoms with van der Waals surface area (Å²) in [7, 11) is 0. The van der Waals surface area contributed by atoms with E-state index in [-0.39, 0.29) is 55.8 Å². The molecule has 6 aliphatic rings. The van der Waals surface area contributed by atoms with Crippen molar-refractivity contribution in [1.29, 1.82) is 0 Å². The monoisotopic (exact) mass is 700 g/mol. The molecular weight excluding hydrogens is 636 g/mol. The van der Waals surface area contributed by atoms with Gasteiger partial charge in [0, 0.05) is 24.9 Å². The Morgan fingerprint density at radius 2 is 1.60 bits per heavy atom. The van der Waals surface area contributed by atoms with Crippen molar-refractivity contribution in [2.45, 2.75) is 152 Å². The molecule has 6 fully saturated rings. The number of Topliss-reactive ketones (excluding diaryl/α,β-unsaturated/α-hetero) is 2. The summed E-state index contributed by atoms with van der Waals surface area (Å²) in [4.78, 5) is 42.9. The second-order valence-corrected chi connectivity index (χ2v) is 17.1. The number of allylic oxidation sites excluding steroid dienone is 1. The number of carbonyl (C=O) groups is 3. The Labute approximate surface area is 298 Å². The maximum atomic E-state index is 14.3. The third-order valence-corrected chi connectivity index (χ3v) is 14.0. The molecule has 8 atom stereocenters. The normalized spacial score (nSPS) is 38.0. The molecule has 2 aliphatic heterocycles. The number of ketones is 2. The zero-order valence-corrected chi connectivity index (χ0v) is 30.4. The van der Waals surface area contributed by atoms with Crippen LogP contribution in [0.15, 0.2) is 11.1 Å². The number of hydrogen-bond acceptors (Lipinski definition) is 10. The van der Waals surface area contributed by atoms with Gasteiger partial charge in [0.1, 0.15) is 6.61 Å². The van der Waals surface area contributed by atoms with Crippen LogP contribution in [-0.2, 0) is 23.9 Å². The number of hydrogen-bond donors (Lipinski definition) is 5. The molecule has 0 bridgehead atoms. The number of nitrogens with one attached hydrogen (secondary N) is 1. The van der Waals surface area contributed by atoms with Gasteiger partial charge in [-0.25, -0.2) is 4.79 Å². The molecule has 6 rings (SSSR count). The molecule has 0 radical (unpaired) electrons. The van der Waals surface area contributed by atoms with Gasteiger partial charge in [-0.15, -0.1) is 0 Å². The first-order chi connectivity index (χ1) is 24.1. The lowest BCUT2D eigenvalue weighted by molar-refractivity contribution is -0.162. The van der Waals surface area contributed by atoms with Crippen molar-refractivity contribution < 1.29 is 39.2 Å². The fourth-order valence-electron chi connectivity index (χ4n) is 10.8. The summed E-state index contributed by atoms with van der Waals surface area (Å²) in [6, 6.07) is 0. The van der Waals surface area contributed by atoms with E-state index in [4.69, 9.17) is 15.2 Å². The second kappa shape index (κ2) is 16.5. The average molecular weight is 701 g/mol. The van der Waals surface area contributed by atoms with Gasteiger partial charge in [0.05, 0.1) is 18.9 Å². The molecule has 10 nitrogen and oxygen atoms in total. The van der Waals surface area contributed by atoms with E-state index in [2.05, 4.69) is 5.32 Å². The summed E-state index contributed by atoms with van der Waals surface area (Å²) in [6.45, 7) is 2.50. The lowest BCUT2D eigenvalue weighted by Crippen LogP contribution is -2.58. The first kappa shape index (κ1) is 38.0. The quantitative estimate of drug-likeness (QED) is 0.0752. The second-order valence-electron chi connectivity index (χ2n) is 17.1. The highest BCUT2D eigenvalue weighted by Gasteiger charge is 2.87. The van der Waals surface area contributed by atoms with Crippen LogP contribution in [0.25, 0.3) is 0 Å². The molecular formula is C40H64N2O8. The van der Waals surface area contributed by atoms with E-state index in [0.29, 0.717) is 36.2 Å². The predicted octanol–water partition coefficient (Wildman–Crippen LogP) is 4.51. The maximum absolute atomic E-state index is 14.3. The summed E-state index contributed by atoms with van der Waals surface area (Å²) in [5.74, 6) is -0.954. The first-order valence-corrected chi connectivity index (χ1v) is 20.2. The van der Waals surface area contributed by atoms with Gasteiger partial charge in [-0.05, 0) is 119 Å². The predicted molar refractivity (Wildman–Crippen MR) is 189 cm³/mol. The summed E-state index contributed by atoms with van der Waals surface area (Å²) in [5, 5.41) is 35.3. The van der Waals surface area contributed by atoms with E-state index in [1.807, 2.05) is 6.92 Å². The third kappa shape index (κ3) is 7.67. The van der Waals surface area contributed by atoms with E-state index in [1.165, 1.54) is 19.3 Å². The van der Waals surface area contributed by atoms with Crippen LogP contribution in [0.4, 0.5) is 0 Å². The highest BCUT2D eigenvalue weighted by atomic mass is 16.7. The highest BCUT2D eigenvalue weighted by Crippen LogP contribution is 2.62. The van der Waals surface area contributed by atoms with Crippen LogP contribution in [0.2, 0.25) is 0 Å². The molecule has 0 aromatic heterocycles. The zero-order chi connectivity index (χ0) is 35.5. The molecule has 10 heteroatoms. The van der Waals surface area contributed by atoms with Crippen molar-refractivity contribution in [2.75, 3.05) is 26.4 Å². The highest BCUT2D eigenvalue weighted by molar-refractivity contribution is 6.23. The van der Waals surface area contributed by atoms with Crippen molar-refractivity contribution in [2.24, 2.45) is 47.2 Å². The third-order valence-electron chi connectivity index (χ3n) is 14.0. The first-order valence-electron chi connectivity index (χ1n) is 20.2. The molecule has 4 aliphatic carbocycles. The number of fused-ring (bicyclic) bond motifs is 2. The number of carbonyl (C=O) groups excluding carboxylic acids is 3. The maximum Gasteiger partial charge on any atom is 0.350 e. The molecule has 50 heavy (non-hydrogen) atoms. The van der Waals surface area contributed by atoms with Gasteiger partial charge in [-0.1, -0.05) is 50.5 Å². The van der Waals surface area contributed by atoms with Crippen molar-refractivity contribution in [1.82, 2.24) is 5.32 Å². The zero-order valence-electron chi connectivity index (χ0n) is 30.4. The Kier molecular flexibility index (Phi) is 12.6. The van der Waals surface area contributed by atoms with Gasteiger partial charge < -0.3 is 35.8 Å². The van der Waals surface area contributed by atoms with Crippen molar-refractivity contribution in [3.63, 3.8) is 0 Å². The summed E-state index contributed by atoms with van der Waals surface area (Å²) < 4.78 is 12.1. The molecule has 0 spiro atoms. The fraction of sp³-hybridized carbons (Fsp3) is 0.875. The Balaban J connectivity index is 1.19. The molecule has 6 N–H and O–H groups in total. The van der Waals surface area contributed by atoms with Gasteiger partial charge >= 0.3 is 5.97 Å². The van der Waals surface area contributed by atoms with Crippen LogP contribution in [0, 0.1) is 41.4 Å². The minimum atomic E-state index is -2.02. The topological polar surface area (TPSA) is 172 Å². The van der Waals surface area contributed by atoms with E-state index in [0.717, 1.165) is 95.6 Å². The van der Waals surface area contributed by atoms with Crippen molar-refractivity contribution in [3.05, 3.63) is 11.1 Å². The van der Waals surface area contributed by atoms with Crippen LogP contribution in [0.3, 0.4) is 0 Å². The number of ether oxygens (including phenoxy) is 2. The Morgan fingerprint density at radius 1 is 0.920 bits per heavy atom.